The largest absolute Gasteiger partial charge is 0.379 e. The van der Waals surface area contributed by atoms with Gasteiger partial charge in [0.05, 0.1) is 24.5 Å². The van der Waals surface area contributed by atoms with Gasteiger partial charge in [-0.25, -0.2) is 0 Å². The van der Waals surface area contributed by atoms with Gasteiger partial charge in [0.1, 0.15) is 0 Å². The van der Waals surface area contributed by atoms with Crippen LogP contribution in [0.1, 0.15) is 21.6 Å². The first kappa shape index (κ1) is 25.3. The monoisotopic (exact) mass is 526 g/mol. The number of halogens is 2. The first-order valence-electron chi connectivity index (χ1n) is 12.5. The summed E-state index contributed by atoms with van der Waals surface area (Å²) in [4.78, 5) is 20.8. The maximum Gasteiger partial charge on any atom is 0.256 e. The molecule has 2 aromatic carbocycles. The van der Waals surface area contributed by atoms with Crippen LogP contribution in [0.5, 0.6) is 0 Å². The number of ether oxygens (including phenoxy) is 1. The second-order valence-electron chi connectivity index (χ2n) is 9.59. The van der Waals surface area contributed by atoms with E-state index in [1.165, 1.54) is 0 Å². The minimum absolute atomic E-state index is 0.104. The lowest BCUT2D eigenvalue weighted by Gasteiger charge is -2.33. The predicted molar refractivity (Wildman–Crippen MR) is 145 cm³/mol. The smallest absolute Gasteiger partial charge is 0.256 e. The number of rotatable bonds is 5. The van der Waals surface area contributed by atoms with Crippen LogP contribution >= 0.6 is 23.2 Å². The number of aromatic nitrogens is 1. The molecule has 0 atom stereocenters. The standard InChI is InChI=1S/C28H32Cl2N4O2/c1-20-26(28(35)33-13-11-31(2)12-14-33)25(19-32-15-17-36-18-16-32)27(21-3-5-22(29)6-4-21)34(20)24-9-7-23(30)8-10-24/h3-10H,11-19H2,1-2H3. The second-order valence-corrected chi connectivity index (χ2v) is 10.5. The zero-order valence-corrected chi connectivity index (χ0v) is 22.4. The van der Waals surface area contributed by atoms with Gasteiger partial charge in [0.15, 0.2) is 0 Å². The molecule has 6 nitrogen and oxygen atoms in total. The van der Waals surface area contributed by atoms with Crippen molar-refractivity contribution < 1.29 is 9.53 Å². The Bertz CT molecular complexity index is 1210. The van der Waals surface area contributed by atoms with E-state index >= 15 is 0 Å². The highest BCUT2D eigenvalue weighted by Crippen LogP contribution is 2.37. The number of carbonyl (C=O) groups excluding carboxylic acids is 1. The minimum Gasteiger partial charge on any atom is -0.379 e. The number of nitrogens with zero attached hydrogens (tertiary/aromatic N) is 4. The number of morpholine rings is 1. The van der Waals surface area contributed by atoms with Gasteiger partial charge in [-0.15, -0.1) is 0 Å². The van der Waals surface area contributed by atoms with Crippen LogP contribution in [0.3, 0.4) is 0 Å². The molecule has 1 amide bonds. The van der Waals surface area contributed by atoms with Gasteiger partial charge in [-0.2, -0.15) is 0 Å². The van der Waals surface area contributed by atoms with Crippen LogP contribution in [0.2, 0.25) is 10.0 Å². The Morgan fingerprint density at radius 2 is 1.44 bits per heavy atom. The van der Waals surface area contributed by atoms with Crippen LogP contribution in [0, 0.1) is 6.92 Å². The number of likely N-dealkylation sites (N-methyl/N-ethyl adjacent to an activating group) is 1. The van der Waals surface area contributed by atoms with Crippen molar-refractivity contribution in [3.05, 3.63) is 75.4 Å². The highest BCUT2D eigenvalue weighted by Gasteiger charge is 2.31. The van der Waals surface area contributed by atoms with Crippen LogP contribution < -0.4 is 0 Å². The normalized spacial score (nSPS) is 17.5. The van der Waals surface area contributed by atoms with Crippen molar-refractivity contribution in [2.75, 3.05) is 59.5 Å². The van der Waals surface area contributed by atoms with Gasteiger partial charge in [0, 0.05) is 72.8 Å². The quantitative estimate of drug-likeness (QED) is 0.470. The van der Waals surface area contributed by atoms with E-state index in [0.29, 0.717) is 29.8 Å². The summed E-state index contributed by atoms with van der Waals surface area (Å²) in [5.74, 6) is 0.104. The predicted octanol–water partition coefficient (Wildman–Crippen LogP) is 4.98. The average molecular weight is 527 g/mol. The SMILES string of the molecule is Cc1c(C(=O)N2CCN(C)CC2)c(CN2CCOCC2)c(-c2ccc(Cl)cc2)n1-c1ccc(Cl)cc1. The van der Waals surface area contributed by atoms with Gasteiger partial charge in [-0.05, 0) is 55.9 Å². The van der Waals surface area contributed by atoms with Crippen LogP contribution in [0.15, 0.2) is 48.5 Å². The lowest BCUT2D eigenvalue weighted by atomic mass is 10.0. The van der Waals surface area contributed by atoms with E-state index in [4.69, 9.17) is 27.9 Å². The molecular formula is C28H32Cl2N4O2. The lowest BCUT2D eigenvalue weighted by molar-refractivity contribution is 0.0340. The summed E-state index contributed by atoms with van der Waals surface area (Å²) in [6.45, 7) is 9.04. The molecule has 3 aromatic rings. The fourth-order valence-corrected chi connectivity index (χ4v) is 5.42. The number of piperazine rings is 1. The topological polar surface area (TPSA) is 41.0 Å². The third kappa shape index (κ3) is 5.20. The molecule has 2 fully saturated rings. The third-order valence-corrected chi connectivity index (χ3v) is 7.70. The molecule has 2 aliphatic heterocycles. The van der Waals surface area contributed by atoms with Crippen LogP contribution in [0.4, 0.5) is 0 Å². The van der Waals surface area contributed by atoms with E-state index in [2.05, 4.69) is 28.3 Å². The maximum atomic E-state index is 14.1. The van der Waals surface area contributed by atoms with E-state index in [1.807, 2.05) is 53.4 Å². The molecule has 8 heteroatoms. The summed E-state index contributed by atoms with van der Waals surface area (Å²) in [5, 5.41) is 1.36. The van der Waals surface area contributed by atoms with Crippen LogP contribution in [-0.4, -0.2) is 84.7 Å². The number of hydrogen-bond acceptors (Lipinski definition) is 4. The summed E-state index contributed by atoms with van der Waals surface area (Å²) in [6.07, 6.45) is 0. The van der Waals surface area contributed by atoms with E-state index in [9.17, 15) is 4.79 Å². The molecule has 1 aromatic heterocycles. The lowest BCUT2D eigenvalue weighted by Crippen LogP contribution is -2.47. The van der Waals surface area contributed by atoms with Crippen molar-refractivity contribution in [2.45, 2.75) is 13.5 Å². The van der Waals surface area contributed by atoms with Crippen LogP contribution in [0.25, 0.3) is 16.9 Å². The molecule has 3 heterocycles. The molecule has 0 aliphatic carbocycles. The molecule has 5 rings (SSSR count). The zero-order valence-electron chi connectivity index (χ0n) is 20.8. The molecular weight excluding hydrogens is 495 g/mol. The second kappa shape index (κ2) is 11.0. The summed E-state index contributed by atoms with van der Waals surface area (Å²) in [6, 6.07) is 15.7. The summed E-state index contributed by atoms with van der Waals surface area (Å²) >= 11 is 12.5. The van der Waals surface area contributed by atoms with E-state index < -0.39 is 0 Å². The molecule has 2 saturated heterocycles. The summed E-state index contributed by atoms with van der Waals surface area (Å²) in [5.41, 5.74) is 5.81. The Hall–Kier alpha value is -2.35. The van der Waals surface area contributed by atoms with Crippen molar-refractivity contribution in [3.63, 3.8) is 0 Å². The molecule has 0 bridgehead atoms. The number of amides is 1. The molecule has 2 aliphatic rings. The van der Waals surface area contributed by atoms with Crippen molar-refractivity contribution in [2.24, 2.45) is 0 Å². The minimum atomic E-state index is 0.104. The fraction of sp³-hybridized carbons (Fsp3) is 0.393. The number of hydrogen-bond donors (Lipinski definition) is 0. The molecule has 0 unspecified atom stereocenters. The average Bonchev–Trinajstić information content (AvgIpc) is 3.17. The van der Waals surface area contributed by atoms with Crippen molar-refractivity contribution in [1.29, 1.82) is 0 Å². The number of carbonyl (C=O) groups is 1. The van der Waals surface area contributed by atoms with E-state index in [1.54, 1.807) is 0 Å². The van der Waals surface area contributed by atoms with Gasteiger partial charge in [0.25, 0.3) is 5.91 Å². The van der Waals surface area contributed by atoms with Gasteiger partial charge in [0.2, 0.25) is 0 Å². The Morgan fingerprint density at radius 1 is 0.861 bits per heavy atom. The maximum absolute atomic E-state index is 14.1. The van der Waals surface area contributed by atoms with E-state index in [0.717, 1.165) is 73.0 Å². The molecule has 36 heavy (non-hydrogen) atoms. The van der Waals surface area contributed by atoms with Crippen molar-refractivity contribution >= 4 is 29.1 Å². The first-order valence-corrected chi connectivity index (χ1v) is 13.2. The fourth-order valence-electron chi connectivity index (χ4n) is 5.16. The Labute approximate surface area is 222 Å². The molecule has 0 N–H and O–H groups in total. The van der Waals surface area contributed by atoms with Crippen molar-refractivity contribution in [3.8, 4) is 16.9 Å². The van der Waals surface area contributed by atoms with Gasteiger partial charge in [-0.3, -0.25) is 9.69 Å². The Kier molecular flexibility index (Phi) is 7.70. The highest BCUT2D eigenvalue weighted by atomic mass is 35.5. The van der Waals surface area contributed by atoms with E-state index in [-0.39, 0.29) is 5.91 Å². The third-order valence-electron chi connectivity index (χ3n) is 7.20. The molecule has 0 radical (unpaired) electrons. The molecule has 190 valence electrons. The van der Waals surface area contributed by atoms with Gasteiger partial charge >= 0.3 is 0 Å². The van der Waals surface area contributed by atoms with Gasteiger partial charge < -0.3 is 19.1 Å². The van der Waals surface area contributed by atoms with Gasteiger partial charge in [-0.1, -0.05) is 35.3 Å². The highest BCUT2D eigenvalue weighted by molar-refractivity contribution is 6.30. The Morgan fingerprint density at radius 3 is 2.06 bits per heavy atom. The first-order chi connectivity index (χ1) is 17.4. The molecule has 0 spiro atoms. The Balaban J connectivity index is 1.70. The summed E-state index contributed by atoms with van der Waals surface area (Å²) < 4.78 is 7.81. The zero-order chi connectivity index (χ0) is 25.2. The number of benzene rings is 2. The summed E-state index contributed by atoms with van der Waals surface area (Å²) in [7, 11) is 2.10. The molecule has 0 saturated carbocycles. The van der Waals surface area contributed by atoms with Crippen LogP contribution in [-0.2, 0) is 11.3 Å². The van der Waals surface area contributed by atoms with Crippen molar-refractivity contribution in [1.82, 2.24) is 19.3 Å².